The first kappa shape index (κ1) is 18.0. The van der Waals surface area contributed by atoms with Crippen LogP contribution in [0.15, 0.2) is 85.2 Å². The van der Waals surface area contributed by atoms with Gasteiger partial charge in [0.1, 0.15) is 5.82 Å². The number of aliphatic carboxylic acids is 1. The van der Waals surface area contributed by atoms with E-state index in [1.54, 1.807) is 13.8 Å². The van der Waals surface area contributed by atoms with Crippen molar-refractivity contribution in [3.8, 4) is 11.4 Å². The standard InChI is InChI=1S/C24H22N2O2/c1-24(2,23(27)28)21(17-9-5-3-6-10-17)19-13-14-26-20(15-19)16-25-22(26)18-11-7-4-8-12-18/h3-16,21H,1-2H3,(H,27,28). The molecule has 140 valence electrons. The number of pyridine rings is 1. The quantitative estimate of drug-likeness (QED) is 0.522. The van der Waals surface area contributed by atoms with E-state index < -0.39 is 11.4 Å². The molecule has 4 rings (SSSR count). The SMILES string of the molecule is CC(C)(C(=O)O)C(c1ccccc1)c1ccn2c(-c3ccccc3)ncc2c1. The Morgan fingerprint density at radius 2 is 1.61 bits per heavy atom. The average Bonchev–Trinajstić information content (AvgIpc) is 3.13. The number of fused-ring (bicyclic) bond motifs is 1. The molecule has 2 aromatic carbocycles. The fraction of sp³-hybridized carbons (Fsp3) is 0.167. The number of nitrogens with zero attached hydrogens (tertiary/aromatic N) is 2. The van der Waals surface area contributed by atoms with Crippen molar-refractivity contribution in [3.63, 3.8) is 0 Å². The topological polar surface area (TPSA) is 54.6 Å². The van der Waals surface area contributed by atoms with Crippen LogP contribution in [0, 0.1) is 5.41 Å². The lowest BCUT2D eigenvalue weighted by Gasteiger charge is -2.31. The second-order valence-corrected chi connectivity index (χ2v) is 7.57. The Bertz CT molecular complexity index is 1120. The molecular weight excluding hydrogens is 348 g/mol. The van der Waals surface area contributed by atoms with Gasteiger partial charge in [-0.2, -0.15) is 0 Å². The van der Waals surface area contributed by atoms with E-state index in [-0.39, 0.29) is 5.92 Å². The third kappa shape index (κ3) is 3.07. The van der Waals surface area contributed by atoms with Crippen LogP contribution in [0.4, 0.5) is 0 Å². The molecule has 28 heavy (non-hydrogen) atoms. The lowest BCUT2D eigenvalue weighted by atomic mass is 9.71. The molecule has 2 heterocycles. The summed E-state index contributed by atoms with van der Waals surface area (Å²) in [5, 5.41) is 9.88. The predicted molar refractivity (Wildman–Crippen MR) is 110 cm³/mol. The summed E-state index contributed by atoms with van der Waals surface area (Å²) in [7, 11) is 0. The van der Waals surface area contributed by atoms with Gasteiger partial charge in [0, 0.05) is 17.7 Å². The number of carbonyl (C=O) groups is 1. The van der Waals surface area contributed by atoms with Gasteiger partial charge in [0.2, 0.25) is 0 Å². The predicted octanol–water partition coefficient (Wildman–Crippen LogP) is 5.24. The smallest absolute Gasteiger partial charge is 0.310 e. The molecule has 0 fully saturated rings. The Labute approximate surface area is 164 Å². The highest BCUT2D eigenvalue weighted by Gasteiger charge is 2.39. The van der Waals surface area contributed by atoms with Gasteiger partial charge in [0.25, 0.3) is 0 Å². The summed E-state index contributed by atoms with van der Waals surface area (Å²) in [6.45, 7) is 3.56. The summed E-state index contributed by atoms with van der Waals surface area (Å²) in [5.41, 5.74) is 2.98. The Morgan fingerprint density at radius 1 is 0.964 bits per heavy atom. The van der Waals surface area contributed by atoms with Gasteiger partial charge in [-0.1, -0.05) is 60.7 Å². The van der Waals surface area contributed by atoms with Crippen molar-refractivity contribution < 1.29 is 9.90 Å². The molecule has 0 bridgehead atoms. The van der Waals surface area contributed by atoms with E-state index in [4.69, 9.17) is 0 Å². The third-order valence-electron chi connectivity index (χ3n) is 5.33. The summed E-state index contributed by atoms with van der Waals surface area (Å²) in [4.78, 5) is 16.6. The molecule has 0 radical (unpaired) electrons. The van der Waals surface area contributed by atoms with Gasteiger partial charge >= 0.3 is 5.97 Å². The molecule has 0 aliphatic rings. The van der Waals surface area contributed by atoms with Gasteiger partial charge < -0.3 is 5.11 Å². The van der Waals surface area contributed by atoms with E-state index >= 15 is 0 Å². The fourth-order valence-corrected chi connectivity index (χ4v) is 3.79. The Kier molecular flexibility index (Phi) is 4.47. The van der Waals surface area contributed by atoms with Crippen molar-refractivity contribution in [1.82, 2.24) is 9.38 Å². The fourth-order valence-electron chi connectivity index (χ4n) is 3.79. The minimum atomic E-state index is -0.956. The zero-order valence-corrected chi connectivity index (χ0v) is 15.9. The maximum Gasteiger partial charge on any atom is 0.310 e. The van der Waals surface area contributed by atoms with Crippen molar-refractivity contribution in [2.75, 3.05) is 0 Å². The molecule has 4 nitrogen and oxygen atoms in total. The Balaban J connectivity index is 1.85. The van der Waals surface area contributed by atoms with E-state index in [1.165, 1.54) is 0 Å². The van der Waals surface area contributed by atoms with Crippen molar-refractivity contribution in [2.24, 2.45) is 5.41 Å². The highest BCUT2D eigenvalue weighted by atomic mass is 16.4. The molecule has 1 N–H and O–H groups in total. The van der Waals surface area contributed by atoms with Crippen LogP contribution < -0.4 is 0 Å². The molecule has 1 unspecified atom stereocenters. The van der Waals surface area contributed by atoms with E-state index in [0.29, 0.717) is 0 Å². The average molecular weight is 370 g/mol. The molecule has 4 aromatic rings. The number of benzene rings is 2. The van der Waals surface area contributed by atoms with Crippen LogP contribution in [0.25, 0.3) is 16.9 Å². The molecule has 2 aromatic heterocycles. The minimum Gasteiger partial charge on any atom is -0.481 e. The summed E-state index contributed by atoms with van der Waals surface area (Å²) in [6, 6.07) is 23.9. The van der Waals surface area contributed by atoms with E-state index in [9.17, 15) is 9.90 Å². The largest absolute Gasteiger partial charge is 0.481 e. The van der Waals surface area contributed by atoms with Gasteiger partial charge in [0.15, 0.2) is 0 Å². The normalized spacial score (nSPS) is 12.8. The zero-order chi connectivity index (χ0) is 19.7. The Hall–Kier alpha value is -3.40. The number of hydrogen-bond donors (Lipinski definition) is 1. The van der Waals surface area contributed by atoms with E-state index in [0.717, 1.165) is 28.0 Å². The number of carboxylic acids is 1. The lowest BCUT2D eigenvalue weighted by molar-refractivity contribution is -0.147. The number of rotatable bonds is 5. The highest BCUT2D eigenvalue weighted by Crippen LogP contribution is 2.41. The molecule has 0 spiro atoms. The second-order valence-electron chi connectivity index (χ2n) is 7.57. The van der Waals surface area contributed by atoms with Gasteiger partial charge in [-0.3, -0.25) is 9.20 Å². The van der Waals surface area contributed by atoms with Gasteiger partial charge in [-0.05, 0) is 37.1 Å². The molecule has 4 heteroatoms. The molecule has 0 saturated carbocycles. The van der Waals surface area contributed by atoms with Crippen LogP contribution in [0.2, 0.25) is 0 Å². The van der Waals surface area contributed by atoms with E-state index in [1.807, 2.05) is 89.6 Å². The van der Waals surface area contributed by atoms with Crippen LogP contribution >= 0.6 is 0 Å². The molecule has 1 atom stereocenters. The zero-order valence-electron chi connectivity index (χ0n) is 15.9. The molecular formula is C24H22N2O2. The monoisotopic (exact) mass is 370 g/mol. The van der Waals surface area contributed by atoms with Crippen molar-refractivity contribution in [3.05, 3.63) is 96.3 Å². The Morgan fingerprint density at radius 3 is 2.25 bits per heavy atom. The maximum absolute atomic E-state index is 12.0. The van der Waals surface area contributed by atoms with E-state index in [2.05, 4.69) is 4.98 Å². The minimum absolute atomic E-state index is 0.272. The van der Waals surface area contributed by atoms with Gasteiger partial charge in [0.05, 0.1) is 17.1 Å². The molecule has 0 saturated heterocycles. The number of hydrogen-bond acceptors (Lipinski definition) is 2. The first-order chi connectivity index (χ1) is 13.5. The lowest BCUT2D eigenvalue weighted by Crippen LogP contribution is -2.32. The summed E-state index contributed by atoms with van der Waals surface area (Å²) in [6.07, 6.45) is 3.82. The van der Waals surface area contributed by atoms with Gasteiger partial charge in [-0.15, -0.1) is 0 Å². The third-order valence-corrected chi connectivity index (χ3v) is 5.33. The second kappa shape index (κ2) is 6.97. The van der Waals surface area contributed by atoms with Crippen LogP contribution in [-0.2, 0) is 4.79 Å². The maximum atomic E-state index is 12.0. The summed E-state index contributed by atoms with van der Waals surface area (Å²) < 4.78 is 2.04. The molecule has 0 aliphatic carbocycles. The van der Waals surface area contributed by atoms with Crippen LogP contribution in [-0.4, -0.2) is 20.5 Å². The number of imidazole rings is 1. The van der Waals surface area contributed by atoms with Crippen LogP contribution in [0.1, 0.15) is 30.9 Å². The van der Waals surface area contributed by atoms with Crippen molar-refractivity contribution in [1.29, 1.82) is 0 Å². The highest BCUT2D eigenvalue weighted by molar-refractivity contribution is 5.76. The van der Waals surface area contributed by atoms with Gasteiger partial charge in [-0.25, -0.2) is 4.98 Å². The summed E-state index contributed by atoms with van der Waals surface area (Å²) in [5.74, 6) is -0.220. The van der Waals surface area contributed by atoms with Crippen LogP contribution in [0.5, 0.6) is 0 Å². The number of carboxylic acid groups (broad SMARTS) is 1. The first-order valence-corrected chi connectivity index (χ1v) is 9.29. The molecule has 0 amide bonds. The van der Waals surface area contributed by atoms with Crippen LogP contribution in [0.3, 0.4) is 0 Å². The number of aromatic nitrogens is 2. The molecule has 0 aliphatic heterocycles. The van der Waals surface area contributed by atoms with Crippen molar-refractivity contribution in [2.45, 2.75) is 19.8 Å². The summed E-state index contributed by atoms with van der Waals surface area (Å²) >= 11 is 0. The van der Waals surface area contributed by atoms with Crippen molar-refractivity contribution >= 4 is 11.5 Å². The first-order valence-electron chi connectivity index (χ1n) is 9.29.